The smallest absolute Gasteiger partial charge is 0.328 e. The van der Waals surface area contributed by atoms with Crippen LogP contribution in [0, 0.1) is 6.92 Å². The summed E-state index contributed by atoms with van der Waals surface area (Å²) >= 11 is 0. The second kappa shape index (κ2) is 8.67. The highest BCUT2D eigenvalue weighted by atomic mass is 16.5. The first-order valence-corrected chi connectivity index (χ1v) is 9.87. The molecule has 2 fully saturated rings. The van der Waals surface area contributed by atoms with Crippen molar-refractivity contribution in [3.8, 4) is 0 Å². The van der Waals surface area contributed by atoms with Gasteiger partial charge in [0, 0.05) is 12.6 Å². The fourth-order valence-corrected chi connectivity index (χ4v) is 4.25. The van der Waals surface area contributed by atoms with Crippen molar-refractivity contribution in [3.05, 3.63) is 35.4 Å². The molecule has 1 aromatic carbocycles. The number of esters is 1. The van der Waals surface area contributed by atoms with Crippen LogP contribution in [0.3, 0.4) is 0 Å². The maximum absolute atomic E-state index is 13.0. The molecule has 2 saturated heterocycles. The molecule has 5 nitrogen and oxygen atoms in total. The molecule has 26 heavy (non-hydrogen) atoms. The van der Waals surface area contributed by atoms with Gasteiger partial charge in [-0.3, -0.25) is 9.69 Å². The Morgan fingerprint density at radius 3 is 2.77 bits per heavy atom. The molecule has 142 valence electrons. The second-order valence-corrected chi connectivity index (χ2v) is 7.39. The minimum Gasteiger partial charge on any atom is -0.464 e. The molecule has 1 aromatic rings. The summed E-state index contributed by atoms with van der Waals surface area (Å²) in [5.41, 5.74) is 2.54. The molecule has 2 aliphatic rings. The van der Waals surface area contributed by atoms with Crippen molar-refractivity contribution in [1.82, 2.24) is 9.80 Å². The van der Waals surface area contributed by atoms with Crippen molar-refractivity contribution >= 4 is 11.9 Å². The van der Waals surface area contributed by atoms with Gasteiger partial charge in [0.05, 0.1) is 13.2 Å². The van der Waals surface area contributed by atoms with Crippen molar-refractivity contribution in [2.75, 3.05) is 26.2 Å². The van der Waals surface area contributed by atoms with Crippen LogP contribution in [0.2, 0.25) is 0 Å². The molecule has 0 radical (unpaired) electrons. The summed E-state index contributed by atoms with van der Waals surface area (Å²) in [6.45, 7) is 6.25. The third-order valence-corrected chi connectivity index (χ3v) is 5.51. The van der Waals surface area contributed by atoms with Crippen LogP contribution < -0.4 is 0 Å². The van der Waals surface area contributed by atoms with Gasteiger partial charge in [-0.1, -0.05) is 29.8 Å². The predicted octanol–water partition coefficient (Wildman–Crippen LogP) is 3.08. The Labute approximate surface area is 156 Å². The van der Waals surface area contributed by atoms with E-state index in [-0.39, 0.29) is 11.9 Å². The maximum atomic E-state index is 13.0. The molecular formula is C21H30N2O3. The Kier molecular flexibility index (Phi) is 6.30. The van der Waals surface area contributed by atoms with Gasteiger partial charge < -0.3 is 9.64 Å². The summed E-state index contributed by atoms with van der Waals surface area (Å²) in [5, 5.41) is 0. The van der Waals surface area contributed by atoms with Crippen LogP contribution in [-0.2, 0) is 14.3 Å². The zero-order chi connectivity index (χ0) is 18.5. The van der Waals surface area contributed by atoms with Gasteiger partial charge in [-0.25, -0.2) is 4.79 Å². The molecule has 2 unspecified atom stereocenters. The largest absolute Gasteiger partial charge is 0.464 e. The lowest BCUT2D eigenvalue weighted by Crippen LogP contribution is -2.51. The quantitative estimate of drug-likeness (QED) is 0.759. The number of benzene rings is 1. The van der Waals surface area contributed by atoms with E-state index in [0.29, 0.717) is 32.2 Å². The fourth-order valence-electron chi connectivity index (χ4n) is 4.25. The summed E-state index contributed by atoms with van der Waals surface area (Å²) < 4.78 is 5.19. The summed E-state index contributed by atoms with van der Waals surface area (Å²) in [7, 11) is 0. The number of carbonyl (C=O) groups is 2. The number of likely N-dealkylation sites (tertiary alicyclic amines) is 2. The Morgan fingerprint density at radius 2 is 2.00 bits per heavy atom. The van der Waals surface area contributed by atoms with Gasteiger partial charge in [0.15, 0.2) is 0 Å². The van der Waals surface area contributed by atoms with Crippen molar-refractivity contribution in [2.24, 2.45) is 0 Å². The van der Waals surface area contributed by atoms with E-state index in [1.54, 1.807) is 4.90 Å². The number of piperidine rings is 1. The Morgan fingerprint density at radius 1 is 1.15 bits per heavy atom. The van der Waals surface area contributed by atoms with Crippen molar-refractivity contribution in [3.63, 3.8) is 0 Å². The lowest BCUT2D eigenvalue weighted by atomic mass is 10.0. The van der Waals surface area contributed by atoms with Crippen LogP contribution in [0.15, 0.2) is 24.3 Å². The average molecular weight is 358 g/mol. The van der Waals surface area contributed by atoms with Gasteiger partial charge in [-0.2, -0.15) is 0 Å². The lowest BCUT2D eigenvalue weighted by Gasteiger charge is -2.36. The Bertz CT molecular complexity index is 646. The van der Waals surface area contributed by atoms with E-state index < -0.39 is 6.04 Å². The van der Waals surface area contributed by atoms with Gasteiger partial charge in [0.25, 0.3) is 0 Å². The molecule has 2 aliphatic heterocycles. The zero-order valence-corrected chi connectivity index (χ0v) is 15.9. The number of hydrogen-bond donors (Lipinski definition) is 0. The first kappa shape index (κ1) is 18.9. The van der Waals surface area contributed by atoms with Crippen LogP contribution in [-0.4, -0.2) is 54.0 Å². The molecule has 2 heterocycles. The molecular weight excluding hydrogens is 328 g/mol. The number of amides is 1. The molecule has 0 aliphatic carbocycles. The average Bonchev–Trinajstić information content (AvgIpc) is 3.10. The highest BCUT2D eigenvalue weighted by Crippen LogP contribution is 2.32. The fraction of sp³-hybridized carbons (Fsp3) is 0.619. The molecule has 1 amide bonds. The molecule has 5 heteroatoms. The summed E-state index contributed by atoms with van der Waals surface area (Å²) in [6, 6.07) is 8.45. The first-order valence-electron chi connectivity index (χ1n) is 9.87. The number of rotatable bonds is 5. The predicted molar refractivity (Wildman–Crippen MR) is 101 cm³/mol. The number of nitrogens with zero attached hydrogens (tertiary/aromatic N) is 2. The summed E-state index contributed by atoms with van der Waals surface area (Å²) in [4.78, 5) is 29.3. The van der Waals surface area contributed by atoms with Crippen LogP contribution in [0.1, 0.15) is 56.2 Å². The lowest BCUT2D eigenvalue weighted by molar-refractivity contribution is -0.157. The van der Waals surface area contributed by atoms with E-state index in [2.05, 4.69) is 36.1 Å². The van der Waals surface area contributed by atoms with Crippen molar-refractivity contribution < 1.29 is 14.3 Å². The maximum Gasteiger partial charge on any atom is 0.328 e. The Hall–Kier alpha value is -1.88. The van der Waals surface area contributed by atoms with E-state index in [4.69, 9.17) is 4.74 Å². The van der Waals surface area contributed by atoms with Crippen molar-refractivity contribution in [1.29, 1.82) is 0 Å². The van der Waals surface area contributed by atoms with Crippen LogP contribution in [0.5, 0.6) is 0 Å². The molecule has 0 bridgehead atoms. The molecule has 3 rings (SSSR count). The minimum absolute atomic E-state index is 0.0577. The molecule has 0 N–H and O–H groups in total. The number of aryl methyl sites for hydroxylation is 1. The minimum atomic E-state index is -0.406. The van der Waals surface area contributed by atoms with E-state index in [9.17, 15) is 9.59 Å². The van der Waals surface area contributed by atoms with Gasteiger partial charge in [-0.05, 0) is 58.1 Å². The van der Waals surface area contributed by atoms with Crippen LogP contribution in [0.25, 0.3) is 0 Å². The molecule has 0 spiro atoms. The van der Waals surface area contributed by atoms with E-state index in [1.165, 1.54) is 11.1 Å². The molecule has 0 saturated carbocycles. The third-order valence-electron chi connectivity index (χ3n) is 5.51. The Balaban J connectivity index is 1.68. The SMILES string of the molecule is CCOC(=O)C1CCCCN1C(=O)CN1CCCC1c1cccc(C)c1. The highest BCUT2D eigenvalue weighted by Gasteiger charge is 2.35. The van der Waals surface area contributed by atoms with Gasteiger partial charge in [0.1, 0.15) is 6.04 Å². The normalized spacial score (nSPS) is 23.8. The van der Waals surface area contributed by atoms with E-state index in [1.807, 2.05) is 6.92 Å². The number of carbonyl (C=O) groups excluding carboxylic acids is 2. The van der Waals surface area contributed by atoms with Gasteiger partial charge in [-0.15, -0.1) is 0 Å². The first-order chi connectivity index (χ1) is 12.6. The van der Waals surface area contributed by atoms with E-state index in [0.717, 1.165) is 32.2 Å². The zero-order valence-electron chi connectivity index (χ0n) is 15.9. The van der Waals surface area contributed by atoms with Crippen LogP contribution in [0.4, 0.5) is 0 Å². The van der Waals surface area contributed by atoms with Gasteiger partial charge in [0.2, 0.25) is 5.91 Å². The monoisotopic (exact) mass is 358 g/mol. The topological polar surface area (TPSA) is 49.9 Å². The third kappa shape index (κ3) is 4.26. The molecule has 0 aromatic heterocycles. The second-order valence-electron chi connectivity index (χ2n) is 7.39. The van der Waals surface area contributed by atoms with Crippen molar-refractivity contribution in [2.45, 2.75) is 58.0 Å². The summed E-state index contributed by atoms with van der Waals surface area (Å²) in [6.07, 6.45) is 4.84. The number of hydrogen-bond acceptors (Lipinski definition) is 4. The van der Waals surface area contributed by atoms with Crippen LogP contribution >= 0.6 is 0 Å². The summed E-state index contributed by atoms with van der Waals surface area (Å²) in [5.74, 6) is -0.195. The highest BCUT2D eigenvalue weighted by molar-refractivity contribution is 5.86. The number of ether oxygens (including phenoxy) is 1. The van der Waals surface area contributed by atoms with E-state index >= 15 is 0 Å². The van der Waals surface area contributed by atoms with Gasteiger partial charge >= 0.3 is 5.97 Å². The standard InChI is InChI=1S/C21H30N2O3/c1-3-26-21(25)19-10-4-5-13-23(19)20(24)15-22-12-7-11-18(22)17-9-6-8-16(2)14-17/h6,8-9,14,18-19H,3-5,7,10-13,15H2,1-2H3. The molecule has 2 atom stereocenters.